The van der Waals surface area contributed by atoms with E-state index >= 15 is 0 Å². The smallest absolute Gasteiger partial charge is 0.238 e. The third kappa shape index (κ3) is 22.9. The average molecular weight is 73.1 g/mol. The van der Waals surface area contributed by atoms with Gasteiger partial charge in [0.1, 0.15) is 0 Å². The molecule has 0 aliphatic rings. The Morgan fingerprint density at radius 3 is 2.00 bits per heavy atom. The van der Waals surface area contributed by atoms with E-state index < -0.39 is 0 Å². The highest BCUT2D eigenvalue weighted by Crippen LogP contribution is 1.48. The second-order valence-electron chi connectivity index (χ2n) is 1.24. The Morgan fingerprint density at radius 1 is 2.00 bits per heavy atom. The Morgan fingerprint density at radius 2 is 2.00 bits per heavy atom. The number of rotatable bonds is 0. The second-order valence-corrected chi connectivity index (χ2v) is 3.07. The molecule has 0 rings (SSSR count). The highest BCUT2D eigenvalue weighted by molar-refractivity contribution is 6.11. The van der Waals surface area contributed by atoms with E-state index in [4.69, 9.17) is 5.73 Å². The van der Waals surface area contributed by atoms with Crippen molar-refractivity contribution in [3.05, 3.63) is 0 Å². The monoisotopic (exact) mass is 73.0 g/mol. The zero-order valence-electron chi connectivity index (χ0n) is 3.15. The third-order valence-electron chi connectivity index (χ3n) is 0. The molecule has 0 aliphatic heterocycles. The fourth-order valence-corrected chi connectivity index (χ4v) is 0. The van der Waals surface area contributed by atoms with Crippen molar-refractivity contribution in [3.8, 4) is 0 Å². The van der Waals surface area contributed by atoms with Gasteiger partial charge in [-0.2, -0.15) is 0 Å². The number of nitrogens with two attached hydrogens (primary N) is 1. The van der Waals surface area contributed by atoms with Crippen molar-refractivity contribution in [1.82, 2.24) is 0 Å². The van der Waals surface area contributed by atoms with Crippen molar-refractivity contribution in [2.75, 3.05) is 0 Å². The van der Waals surface area contributed by atoms with Gasteiger partial charge in [0, 0.05) is 0 Å². The molecule has 0 aromatic heterocycles. The van der Waals surface area contributed by atoms with Gasteiger partial charge in [-0.25, -0.2) is 0 Å². The molecule has 2 N–H and O–H groups in total. The number of hydrogen-bond donors (Lipinski definition) is 1. The van der Waals surface area contributed by atoms with Crippen LogP contribution in [0, 0.1) is 0 Å². The second kappa shape index (κ2) is 1.78. The molecule has 0 aromatic rings. The van der Waals surface area contributed by atoms with Crippen molar-refractivity contribution in [3.63, 3.8) is 0 Å². The summed E-state index contributed by atoms with van der Waals surface area (Å²) in [5, 5.41) is 0. The van der Waals surface area contributed by atoms with Crippen molar-refractivity contribution in [2.45, 2.75) is 11.8 Å². The summed E-state index contributed by atoms with van der Waals surface area (Å²) >= 11 is 1.13. The first-order valence-electron chi connectivity index (χ1n) is 1.49. The molecule has 1 nitrogen and oxygen atoms in total. The van der Waals surface area contributed by atoms with Crippen molar-refractivity contribution in [2.24, 2.45) is 5.73 Å². The minimum absolute atomic E-state index is 0.472. The summed E-state index contributed by atoms with van der Waals surface area (Å²) in [5.41, 5.74) is 5.17. The lowest BCUT2D eigenvalue weighted by Gasteiger charge is -1.80. The normalized spacial score (nSPS) is 15.5. The maximum Gasteiger partial charge on any atom is 0.238 e. The number of hydrogen-bond acceptors (Lipinski definition) is 1. The molecule has 1 unspecified atom stereocenters. The van der Waals surface area contributed by atoms with Gasteiger partial charge in [0.15, 0.2) is 0 Å². The molecule has 24 valence electrons. The molecule has 0 amide bonds. The molecule has 0 saturated carbocycles. The van der Waals surface area contributed by atoms with Crippen LogP contribution in [0.4, 0.5) is 0 Å². The molecule has 0 fully saturated rings. The molecule has 2 heteroatoms. The fraction of sp³-hybridized carbons (Fsp3) is 1.00. The van der Waals surface area contributed by atoms with E-state index in [1.807, 2.05) is 6.92 Å². The van der Waals surface area contributed by atoms with Gasteiger partial charge in [-0.1, -0.05) is 11.8 Å². The van der Waals surface area contributed by atoms with Crippen LogP contribution >= 0.6 is 0 Å². The van der Waals surface area contributed by atoms with Gasteiger partial charge in [0.2, 0.25) is 16.3 Å². The Labute approximate surface area is 34.6 Å². The van der Waals surface area contributed by atoms with E-state index in [0.717, 1.165) is 16.3 Å². The van der Waals surface area contributed by atoms with E-state index in [2.05, 4.69) is 0 Å². The first kappa shape index (κ1) is 4.49. The summed E-state index contributed by atoms with van der Waals surface area (Å²) in [6.07, 6.45) is 0. The first-order chi connectivity index (χ1) is 1.73. The molecule has 0 aromatic carbocycles. The SMILES string of the molecule is C[CH](N)[AlH2]. The molecule has 0 spiro atoms. The van der Waals surface area contributed by atoms with Crippen LogP contribution in [0.25, 0.3) is 0 Å². The van der Waals surface area contributed by atoms with Crippen LogP contribution in [0.3, 0.4) is 0 Å². The largest absolute Gasteiger partial charge is 0.342 e. The van der Waals surface area contributed by atoms with Crippen LogP contribution in [0.15, 0.2) is 0 Å². The summed E-state index contributed by atoms with van der Waals surface area (Å²) in [4.78, 5) is 0.472. The predicted octanol–water partition coefficient (Wildman–Crippen LogP) is -1.08. The van der Waals surface area contributed by atoms with Gasteiger partial charge in [-0.05, 0) is 0 Å². The third-order valence-corrected chi connectivity index (χ3v) is 0. The summed E-state index contributed by atoms with van der Waals surface area (Å²) in [6, 6.07) is 0. The minimum Gasteiger partial charge on any atom is -0.342 e. The van der Waals surface area contributed by atoms with Gasteiger partial charge >= 0.3 is 0 Å². The minimum atomic E-state index is 0.472. The Bertz CT molecular complexity index is 10.8. The lowest BCUT2D eigenvalue weighted by Crippen LogP contribution is -2.12. The van der Waals surface area contributed by atoms with Gasteiger partial charge < -0.3 is 5.73 Å². The van der Waals surface area contributed by atoms with Crippen LogP contribution in [0.2, 0.25) is 0 Å². The summed E-state index contributed by atoms with van der Waals surface area (Å²) < 4.78 is 0. The predicted molar refractivity (Wildman–Crippen MR) is 22.2 cm³/mol. The van der Waals surface area contributed by atoms with Gasteiger partial charge in [0.05, 0.1) is 0 Å². The molecule has 0 bridgehead atoms. The van der Waals surface area contributed by atoms with E-state index in [1.54, 1.807) is 0 Å². The maximum absolute atomic E-state index is 5.17. The zero-order valence-corrected chi connectivity index (χ0v) is 5.15. The molecular formula is C2H8AlN. The standard InChI is InChI=1S/C2H6N.Al.2H/c1-2-3;;;/h2H,3H2,1H3;;;. The van der Waals surface area contributed by atoms with Crippen LogP contribution in [0.1, 0.15) is 6.92 Å². The lowest BCUT2D eigenvalue weighted by atomic mass is 10.8. The molecule has 0 aliphatic carbocycles. The van der Waals surface area contributed by atoms with Crippen LogP contribution in [-0.2, 0) is 0 Å². The summed E-state index contributed by atoms with van der Waals surface area (Å²) in [5.74, 6) is 0. The molecule has 1 atom stereocenters. The van der Waals surface area contributed by atoms with E-state index in [9.17, 15) is 0 Å². The van der Waals surface area contributed by atoms with Gasteiger partial charge in [-0.15, -0.1) is 0 Å². The Hall–Kier alpha value is 0.492. The van der Waals surface area contributed by atoms with Gasteiger partial charge in [-0.3, -0.25) is 0 Å². The van der Waals surface area contributed by atoms with Crippen molar-refractivity contribution in [1.29, 1.82) is 0 Å². The van der Waals surface area contributed by atoms with E-state index in [-0.39, 0.29) is 0 Å². The maximum atomic E-state index is 5.17. The van der Waals surface area contributed by atoms with Crippen molar-refractivity contribution < 1.29 is 0 Å². The summed E-state index contributed by atoms with van der Waals surface area (Å²) in [7, 11) is 0. The zero-order chi connectivity index (χ0) is 3.58. The highest BCUT2D eigenvalue weighted by Gasteiger charge is 1.69. The van der Waals surface area contributed by atoms with Crippen LogP contribution < -0.4 is 5.73 Å². The molecule has 0 saturated heterocycles. The van der Waals surface area contributed by atoms with E-state index in [0.29, 0.717) is 4.90 Å². The molecule has 0 radical (unpaired) electrons. The van der Waals surface area contributed by atoms with Crippen LogP contribution in [-0.4, -0.2) is 21.2 Å². The first-order valence-corrected chi connectivity index (χ1v) is 2.64. The van der Waals surface area contributed by atoms with Gasteiger partial charge in [0.25, 0.3) is 0 Å². The molecular weight excluding hydrogens is 65.0 g/mol. The average Bonchev–Trinajstić information content (AvgIpc) is 0.811. The Kier molecular flexibility index (Phi) is 2.00. The summed E-state index contributed by atoms with van der Waals surface area (Å²) in [6.45, 7) is 2.01. The Balaban J connectivity index is 2.32. The molecule has 0 heterocycles. The van der Waals surface area contributed by atoms with E-state index in [1.165, 1.54) is 0 Å². The fourth-order valence-electron chi connectivity index (χ4n) is 0. The quantitative estimate of drug-likeness (QED) is 0.363. The van der Waals surface area contributed by atoms with Crippen LogP contribution in [0.5, 0.6) is 0 Å². The lowest BCUT2D eigenvalue weighted by molar-refractivity contribution is 1.03. The topological polar surface area (TPSA) is 26.0 Å². The molecule has 4 heavy (non-hydrogen) atoms. The van der Waals surface area contributed by atoms with Crippen molar-refractivity contribution >= 4 is 16.3 Å². The highest BCUT2D eigenvalue weighted by atomic mass is 27.0.